The van der Waals surface area contributed by atoms with E-state index >= 15 is 0 Å². The third kappa shape index (κ3) is 0.905. The highest BCUT2D eigenvalue weighted by Crippen LogP contribution is 2.83. The molecule has 0 aromatic rings. The van der Waals surface area contributed by atoms with Crippen molar-refractivity contribution in [2.45, 2.75) is 19.1 Å². The van der Waals surface area contributed by atoms with Gasteiger partial charge in [-0.3, -0.25) is 9.59 Å². The van der Waals surface area contributed by atoms with Crippen molar-refractivity contribution in [3.05, 3.63) is 12.2 Å². The van der Waals surface area contributed by atoms with Crippen molar-refractivity contribution in [2.75, 3.05) is 14.2 Å². The molecule has 102 valence electrons. The van der Waals surface area contributed by atoms with Crippen molar-refractivity contribution in [1.82, 2.24) is 0 Å². The smallest absolute Gasteiger partial charge is 0.232 e. The molecule has 0 heterocycles. The van der Waals surface area contributed by atoms with E-state index in [1.807, 2.05) is 0 Å². The lowest BCUT2D eigenvalue weighted by atomic mass is 9.78. The molecule has 0 aromatic heterocycles. The van der Waals surface area contributed by atoms with Crippen LogP contribution in [0.15, 0.2) is 12.2 Å². The summed E-state index contributed by atoms with van der Waals surface area (Å²) in [7, 11) is 3.04. The van der Waals surface area contributed by atoms with Gasteiger partial charge in [0.05, 0.1) is 5.41 Å². The molecule has 0 N–H and O–H groups in total. The van der Waals surface area contributed by atoms with Gasteiger partial charge in [0.2, 0.25) is 5.79 Å². The summed E-state index contributed by atoms with van der Waals surface area (Å²) in [5, 5.41) is 0. The fraction of sp³-hybridized carbons (Fsp3) is 0.733. The Bertz CT molecular complexity index is 518. The molecule has 0 bridgehead atoms. The molecule has 0 aliphatic heterocycles. The zero-order chi connectivity index (χ0) is 13.6. The number of carbonyl (C=O) groups is 2. The summed E-state index contributed by atoms with van der Waals surface area (Å²) in [6.07, 6.45) is 5.30. The molecule has 0 amide bonds. The van der Waals surface area contributed by atoms with Gasteiger partial charge in [-0.15, -0.1) is 0 Å². The van der Waals surface area contributed by atoms with Gasteiger partial charge in [-0.05, 0) is 31.1 Å². The Balaban J connectivity index is 1.91. The Morgan fingerprint density at radius 2 is 2.05 bits per heavy atom. The van der Waals surface area contributed by atoms with E-state index in [0.717, 1.165) is 6.42 Å². The third-order valence-corrected chi connectivity index (χ3v) is 6.19. The van der Waals surface area contributed by atoms with E-state index in [9.17, 15) is 9.59 Å². The number of Topliss-reactive ketones (excluding diaryl/α,β-unsaturated/α-hetero) is 2. The van der Waals surface area contributed by atoms with E-state index < -0.39 is 11.2 Å². The number of methoxy groups -OCH3 is 2. The molecule has 4 aliphatic rings. The second-order valence-electron chi connectivity index (χ2n) is 6.32. The molecule has 3 fully saturated rings. The molecule has 3 saturated carbocycles. The number of ketones is 2. The fourth-order valence-electron chi connectivity index (χ4n) is 5.73. The fourth-order valence-corrected chi connectivity index (χ4v) is 5.73. The van der Waals surface area contributed by atoms with Gasteiger partial charge in [-0.1, -0.05) is 12.2 Å². The van der Waals surface area contributed by atoms with Crippen LogP contribution >= 0.6 is 0 Å². The van der Waals surface area contributed by atoms with Crippen molar-refractivity contribution >= 4 is 11.6 Å². The van der Waals surface area contributed by atoms with Gasteiger partial charge in [0.25, 0.3) is 0 Å². The van der Waals surface area contributed by atoms with Crippen molar-refractivity contribution in [3.8, 4) is 0 Å². The maximum atomic E-state index is 12.7. The van der Waals surface area contributed by atoms with Gasteiger partial charge in [-0.2, -0.15) is 0 Å². The van der Waals surface area contributed by atoms with Crippen molar-refractivity contribution in [1.29, 1.82) is 0 Å². The van der Waals surface area contributed by atoms with E-state index in [-0.39, 0.29) is 29.3 Å². The van der Waals surface area contributed by atoms with Crippen LogP contribution in [0.3, 0.4) is 0 Å². The average Bonchev–Trinajstić information content (AvgIpc) is 2.69. The van der Waals surface area contributed by atoms with Crippen LogP contribution in [-0.4, -0.2) is 31.6 Å². The number of hydrogen-bond donors (Lipinski definition) is 0. The highest BCUT2D eigenvalue weighted by atomic mass is 16.7. The predicted octanol–water partition coefficient (Wildman–Crippen LogP) is 1.20. The molecule has 0 spiro atoms. The number of hydrogen-bond acceptors (Lipinski definition) is 4. The van der Waals surface area contributed by atoms with Crippen molar-refractivity contribution in [2.24, 2.45) is 35.0 Å². The first-order valence-corrected chi connectivity index (χ1v) is 6.89. The molecule has 4 aliphatic carbocycles. The first-order chi connectivity index (χ1) is 9.07. The minimum Gasteiger partial charge on any atom is -0.347 e. The standard InChI is InChI=1S/C15H18O4/c1-7(16)14-10-8-5-4-6-9(8)12(14)15(18-2,19-3)13(17)11(10)14/h4-5,8-12H,6H2,1-3H3/t8-,9+,10+,11+,12-,14-/m1/s1. The predicted molar refractivity (Wildman–Crippen MR) is 66.1 cm³/mol. The van der Waals surface area contributed by atoms with Gasteiger partial charge >= 0.3 is 0 Å². The highest BCUT2D eigenvalue weighted by molar-refractivity contribution is 6.06. The summed E-state index contributed by atoms with van der Waals surface area (Å²) in [5.74, 6) is -0.492. The van der Waals surface area contributed by atoms with Gasteiger partial charge in [0.15, 0.2) is 5.78 Å². The lowest BCUT2D eigenvalue weighted by molar-refractivity contribution is -0.232. The quantitative estimate of drug-likeness (QED) is 0.566. The number of fused-ring (bicyclic) bond motifs is 4. The van der Waals surface area contributed by atoms with Crippen LogP contribution in [0.2, 0.25) is 0 Å². The lowest BCUT2D eigenvalue weighted by Gasteiger charge is -2.36. The first-order valence-electron chi connectivity index (χ1n) is 6.89. The molecule has 0 unspecified atom stereocenters. The second-order valence-corrected chi connectivity index (χ2v) is 6.32. The van der Waals surface area contributed by atoms with Crippen LogP contribution in [0.1, 0.15) is 13.3 Å². The summed E-state index contributed by atoms with van der Waals surface area (Å²) in [5.41, 5.74) is -0.497. The second kappa shape index (κ2) is 3.18. The minimum absolute atomic E-state index is 0.00880. The molecule has 0 aromatic carbocycles. The lowest BCUT2D eigenvalue weighted by Crippen LogP contribution is -2.50. The number of ether oxygens (including phenoxy) is 2. The minimum atomic E-state index is -1.20. The van der Waals surface area contributed by atoms with Crippen molar-refractivity contribution in [3.63, 3.8) is 0 Å². The Kier molecular flexibility index (Phi) is 1.97. The van der Waals surface area contributed by atoms with E-state index in [1.54, 1.807) is 6.92 Å². The molecular weight excluding hydrogens is 244 g/mol. The largest absolute Gasteiger partial charge is 0.347 e. The molecular formula is C15H18O4. The Hall–Kier alpha value is -1.00. The maximum Gasteiger partial charge on any atom is 0.232 e. The van der Waals surface area contributed by atoms with Crippen LogP contribution in [0, 0.1) is 35.0 Å². The van der Waals surface area contributed by atoms with Gasteiger partial charge in [0.1, 0.15) is 5.78 Å². The molecule has 0 saturated heterocycles. The number of carbonyl (C=O) groups excluding carboxylic acids is 2. The molecule has 4 rings (SSSR count). The van der Waals surface area contributed by atoms with Gasteiger partial charge in [-0.25, -0.2) is 0 Å². The van der Waals surface area contributed by atoms with E-state index in [1.165, 1.54) is 14.2 Å². The molecule has 0 radical (unpaired) electrons. The zero-order valence-corrected chi connectivity index (χ0v) is 11.4. The third-order valence-electron chi connectivity index (χ3n) is 6.19. The van der Waals surface area contributed by atoms with Crippen LogP contribution in [0.25, 0.3) is 0 Å². The van der Waals surface area contributed by atoms with Crippen LogP contribution in [0.5, 0.6) is 0 Å². The maximum absolute atomic E-state index is 12.7. The summed E-state index contributed by atoms with van der Waals surface area (Å²) in [6.45, 7) is 1.62. The summed E-state index contributed by atoms with van der Waals surface area (Å²) < 4.78 is 11.0. The van der Waals surface area contributed by atoms with E-state index in [2.05, 4.69) is 12.2 Å². The average molecular weight is 262 g/mol. The molecule has 4 nitrogen and oxygen atoms in total. The zero-order valence-electron chi connectivity index (χ0n) is 11.4. The number of allylic oxidation sites excluding steroid dienone is 2. The Morgan fingerprint density at radius 1 is 1.37 bits per heavy atom. The van der Waals surface area contributed by atoms with Gasteiger partial charge in [0, 0.05) is 26.1 Å². The summed E-state index contributed by atoms with van der Waals surface area (Å²) in [6, 6.07) is 0. The Morgan fingerprint density at radius 3 is 2.63 bits per heavy atom. The topological polar surface area (TPSA) is 52.6 Å². The molecule has 19 heavy (non-hydrogen) atoms. The van der Waals surface area contributed by atoms with E-state index in [4.69, 9.17) is 9.47 Å². The SMILES string of the molecule is COC1(OC)C(=O)[C@@H]2[C@@H]3[C@@H]4C=CC[C@@H]4[C@@H]1[C@]32C(C)=O. The van der Waals surface area contributed by atoms with Crippen LogP contribution in [-0.2, 0) is 19.1 Å². The normalized spacial score (nSPS) is 51.3. The molecule has 6 atom stereocenters. The summed E-state index contributed by atoms with van der Waals surface area (Å²) in [4.78, 5) is 25.0. The highest BCUT2D eigenvalue weighted by Gasteiger charge is 2.92. The van der Waals surface area contributed by atoms with Crippen molar-refractivity contribution < 1.29 is 19.1 Å². The molecule has 4 heteroatoms. The monoisotopic (exact) mass is 262 g/mol. The first kappa shape index (κ1) is 11.8. The number of rotatable bonds is 3. The summed E-state index contributed by atoms with van der Waals surface area (Å²) >= 11 is 0. The van der Waals surface area contributed by atoms with Gasteiger partial charge < -0.3 is 9.47 Å². The Labute approximate surface area is 112 Å². The van der Waals surface area contributed by atoms with E-state index in [0.29, 0.717) is 11.8 Å². The van der Waals surface area contributed by atoms with Crippen LogP contribution in [0.4, 0.5) is 0 Å². The van der Waals surface area contributed by atoms with Crippen LogP contribution < -0.4 is 0 Å².